The molecule has 11 heteroatoms. The number of nitrogens with one attached hydrogen (secondary N) is 1. The molecule has 8 nitrogen and oxygen atoms in total. The molecular weight excluding hydrogens is 421 g/mol. The second-order valence-corrected chi connectivity index (χ2v) is 8.59. The number of thiophene rings is 1. The highest BCUT2D eigenvalue weighted by Crippen LogP contribution is 2.19. The van der Waals surface area contributed by atoms with Crippen LogP contribution in [-0.4, -0.2) is 40.0 Å². The minimum Gasteiger partial charge on any atom is -0.456 e. The van der Waals surface area contributed by atoms with E-state index in [9.17, 15) is 22.4 Å². The summed E-state index contributed by atoms with van der Waals surface area (Å²) >= 11 is 1.04. The van der Waals surface area contributed by atoms with E-state index < -0.39 is 34.3 Å². The Kier molecular flexibility index (Phi) is 8.26. The van der Waals surface area contributed by atoms with Crippen LogP contribution < -0.4 is 9.62 Å². The van der Waals surface area contributed by atoms with Crippen LogP contribution in [0.5, 0.6) is 0 Å². The van der Waals surface area contributed by atoms with E-state index in [1.54, 1.807) is 11.4 Å². The summed E-state index contributed by atoms with van der Waals surface area (Å²) in [4.78, 5) is 25.2. The number of sulfonamides is 1. The first kappa shape index (κ1) is 22.5. The van der Waals surface area contributed by atoms with Gasteiger partial charge in [-0.2, -0.15) is 5.26 Å². The molecule has 1 amide bonds. The van der Waals surface area contributed by atoms with E-state index in [1.165, 1.54) is 30.3 Å². The Labute approximate surface area is 171 Å². The highest BCUT2D eigenvalue weighted by atomic mass is 32.2. The zero-order chi connectivity index (χ0) is 21.3. The van der Waals surface area contributed by atoms with Crippen molar-refractivity contribution in [1.29, 1.82) is 5.26 Å². The van der Waals surface area contributed by atoms with E-state index in [0.29, 0.717) is 0 Å². The average Bonchev–Trinajstić information content (AvgIpc) is 3.23. The summed E-state index contributed by atoms with van der Waals surface area (Å²) in [6.45, 7) is -0.913. The van der Waals surface area contributed by atoms with E-state index in [4.69, 9.17) is 10.00 Å². The van der Waals surface area contributed by atoms with Crippen molar-refractivity contribution in [3.05, 3.63) is 47.6 Å². The van der Waals surface area contributed by atoms with Gasteiger partial charge in [0.1, 0.15) is 10.0 Å². The topological polar surface area (TPSA) is 117 Å². The number of hydrogen-bond donors (Lipinski definition) is 1. The van der Waals surface area contributed by atoms with Gasteiger partial charge in [0.25, 0.3) is 5.91 Å². The molecule has 0 aliphatic carbocycles. The summed E-state index contributed by atoms with van der Waals surface area (Å²) in [6, 6.07) is 10.5. The van der Waals surface area contributed by atoms with Crippen LogP contribution in [0, 0.1) is 17.1 Å². The molecule has 0 saturated heterocycles. The Hall–Kier alpha value is -2.81. The van der Waals surface area contributed by atoms with Crippen LogP contribution in [0.3, 0.4) is 0 Å². The van der Waals surface area contributed by atoms with Gasteiger partial charge in [-0.15, -0.1) is 11.3 Å². The van der Waals surface area contributed by atoms with Gasteiger partial charge in [-0.1, -0.05) is 18.2 Å². The molecular formula is C18H18FN3O5S2. The number of para-hydroxylation sites is 1. The number of rotatable bonds is 10. The van der Waals surface area contributed by atoms with E-state index in [1.807, 2.05) is 6.07 Å². The van der Waals surface area contributed by atoms with Gasteiger partial charge >= 0.3 is 5.97 Å². The Morgan fingerprint density at radius 1 is 1.24 bits per heavy atom. The van der Waals surface area contributed by atoms with Gasteiger partial charge in [-0.3, -0.25) is 9.59 Å². The molecule has 0 fully saturated rings. The summed E-state index contributed by atoms with van der Waals surface area (Å²) in [6.07, 6.45) is -0.311. The SMILES string of the molecule is N#CCCN(C(=O)COC(=O)CCNS(=O)(=O)c1cccs1)c1ccccc1F. The van der Waals surface area contributed by atoms with Crippen molar-refractivity contribution in [2.24, 2.45) is 0 Å². The lowest BCUT2D eigenvalue weighted by Gasteiger charge is -2.22. The van der Waals surface area contributed by atoms with Crippen molar-refractivity contribution in [2.45, 2.75) is 17.1 Å². The third-order valence-corrected chi connectivity index (χ3v) is 6.49. The Bertz CT molecular complexity index is 987. The fourth-order valence-corrected chi connectivity index (χ4v) is 4.35. The number of carbonyl (C=O) groups is 2. The number of benzene rings is 1. The smallest absolute Gasteiger partial charge is 0.307 e. The zero-order valence-corrected chi connectivity index (χ0v) is 16.8. The van der Waals surface area contributed by atoms with E-state index in [0.717, 1.165) is 16.2 Å². The van der Waals surface area contributed by atoms with Crippen molar-refractivity contribution in [2.75, 3.05) is 24.6 Å². The minimum absolute atomic E-state index is 0.0208. The van der Waals surface area contributed by atoms with Crippen LogP contribution in [0.4, 0.5) is 10.1 Å². The van der Waals surface area contributed by atoms with Crippen LogP contribution in [-0.2, 0) is 24.3 Å². The number of esters is 1. The predicted molar refractivity (Wildman–Crippen MR) is 104 cm³/mol. The lowest BCUT2D eigenvalue weighted by atomic mass is 10.2. The number of nitriles is 1. The third-order valence-electron chi connectivity index (χ3n) is 3.63. The normalized spacial score (nSPS) is 10.9. The molecule has 1 N–H and O–H groups in total. The molecule has 29 heavy (non-hydrogen) atoms. The van der Waals surface area contributed by atoms with E-state index in [-0.39, 0.29) is 35.8 Å². The lowest BCUT2D eigenvalue weighted by molar-refractivity contribution is -0.147. The first-order valence-corrected chi connectivity index (χ1v) is 10.8. The minimum atomic E-state index is -3.70. The van der Waals surface area contributed by atoms with E-state index in [2.05, 4.69) is 4.72 Å². The van der Waals surface area contributed by atoms with Crippen molar-refractivity contribution in [3.8, 4) is 6.07 Å². The van der Waals surface area contributed by atoms with Gasteiger partial charge in [0.2, 0.25) is 10.0 Å². The maximum atomic E-state index is 14.0. The van der Waals surface area contributed by atoms with Crippen LogP contribution in [0.1, 0.15) is 12.8 Å². The Morgan fingerprint density at radius 2 is 2.00 bits per heavy atom. The van der Waals surface area contributed by atoms with Gasteiger partial charge in [-0.05, 0) is 23.6 Å². The largest absolute Gasteiger partial charge is 0.456 e. The molecule has 154 valence electrons. The molecule has 2 rings (SSSR count). The summed E-state index contributed by atoms with van der Waals surface area (Å²) in [5.74, 6) is -2.13. The van der Waals surface area contributed by atoms with Gasteiger partial charge in [0.15, 0.2) is 6.61 Å². The molecule has 0 bridgehead atoms. The standard InChI is InChI=1S/C18H18FN3O5S2/c19-14-5-1-2-6-15(14)22(11-4-9-20)16(23)13-27-17(24)8-10-21-29(25,26)18-7-3-12-28-18/h1-3,5-7,12,21H,4,8,10-11,13H2. The fourth-order valence-electron chi connectivity index (χ4n) is 2.28. The number of carbonyl (C=O) groups excluding carboxylic acids is 2. The van der Waals surface area contributed by atoms with Crippen molar-refractivity contribution < 1.29 is 27.1 Å². The maximum Gasteiger partial charge on any atom is 0.307 e. The zero-order valence-electron chi connectivity index (χ0n) is 15.2. The van der Waals surface area contributed by atoms with Gasteiger partial charge in [0, 0.05) is 13.1 Å². The monoisotopic (exact) mass is 439 g/mol. The van der Waals surface area contributed by atoms with Crippen molar-refractivity contribution >= 4 is 38.9 Å². The summed E-state index contributed by atoms with van der Waals surface area (Å²) in [7, 11) is -3.70. The van der Waals surface area contributed by atoms with Gasteiger partial charge in [0.05, 0.1) is 24.6 Å². The molecule has 0 spiro atoms. The first-order valence-electron chi connectivity index (χ1n) is 8.46. The number of ether oxygens (including phenoxy) is 1. The average molecular weight is 439 g/mol. The third kappa shape index (κ3) is 6.63. The van der Waals surface area contributed by atoms with Gasteiger partial charge in [-0.25, -0.2) is 17.5 Å². The summed E-state index contributed by atoms with van der Waals surface area (Å²) < 4.78 is 45.1. The van der Waals surface area contributed by atoms with Crippen LogP contribution in [0.25, 0.3) is 0 Å². The van der Waals surface area contributed by atoms with Crippen LogP contribution >= 0.6 is 11.3 Å². The highest BCUT2D eigenvalue weighted by Gasteiger charge is 2.20. The second kappa shape index (κ2) is 10.7. The number of hydrogen-bond acceptors (Lipinski definition) is 7. The second-order valence-electron chi connectivity index (χ2n) is 5.65. The molecule has 2 aromatic rings. The van der Waals surface area contributed by atoms with Crippen LogP contribution in [0.2, 0.25) is 0 Å². The Balaban J connectivity index is 1.86. The van der Waals surface area contributed by atoms with Gasteiger partial charge < -0.3 is 9.64 Å². The molecule has 0 aliphatic heterocycles. The van der Waals surface area contributed by atoms with Crippen molar-refractivity contribution in [3.63, 3.8) is 0 Å². The first-order chi connectivity index (χ1) is 13.8. The highest BCUT2D eigenvalue weighted by molar-refractivity contribution is 7.91. The number of amides is 1. The summed E-state index contributed by atoms with van der Waals surface area (Å²) in [5, 5.41) is 10.4. The molecule has 0 atom stereocenters. The quantitative estimate of drug-likeness (QED) is 0.566. The molecule has 1 aromatic heterocycles. The molecule has 0 saturated carbocycles. The molecule has 1 aromatic carbocycles. The van der Waals surface area contributed by atoms with Crippen molar-refractivity contribution in [1.82, 2.24) is 4.72 Å². The fraction of sp³-hybridized carbons (Fsp3) is 0.278. The number of halogens is 1. The van der Waals surface area contributed by atoms with Crippen LogP contribution in [0.15, 0.2) is 46.0 Å². The number of nitrogens with zero attached hydrogens (tertiary/aromatic N) is 2. The maximum absolute atomic E-state index is 14.0. The molecule has 0 aliphatic rings. The predicted octanol–water partition coefficient (Wildman–Crippen LogP) is 2.05. The molecule has 1 heterocycles. The summed E-state index contributed by atoms with van der Waals surface area (Å²) in [5.41, 5.74) is -0.0208. The lowest BCUT2D eigenvalue weighted by Crippen LogP contribution is -2.36. The van der Waals surface area contributed by atoms with E-state index >= 15 is 0 Å². The molecule has 0 radical (unpaired) electrons. The molecule has 0 unspecified atom stereocenters. The number of anilines is 1. The Morgan fingerprint density at radius 3 is 2.66 bits per heavy atom.